The molecule has 2 aromatic carbocycles. The van der Waals surface area contributed by atoms with Crippen molar-refractivity contribution in [1.29, 1.82) is 5.41 Å². The minimum Gasteiger partial charge on any atom is -0.512 e. The largest absolute Gasteiger partial charge is 0.512 e. The van der Waals surface area contributed by atoms with Crippen molar-refractivity contribution in [2.45, 2.75) is 20.8 Å². The first-order chi connectivity index (χ1) is 12.9. The first kappa shape index (κ1) is 18.9. The molecule has 3 aromatic rings. The summed E-state index contributed by atoms with van der Waals surface area (Å²) in [5, 5.41) is 21.3. The predicted molar refractivity (Wildman–Crippen MR) is 114 cm³/mol. The minimum absolute atomic E-state index is 0.143. The van der Waals surface area contributed by atoms with E-state index in [2.05, 4.69) is 26.2 Å². The number of aromatic nitrogens is 2. The number of nitrogens with zero attached hydrogens (tertiary/aromatic N) is 2. The standard InChI is InChI=1S/C21H21BrN4O/c1-13-4-5-16(21(14(2)23)15(3)27)10-19(13)25-17-6-7-20(18(22)11-17)26-9-8-24-12-26/h4-12,23,25,27H,1-3H3/b21-15+,23-14?. The molecule has 0 aliphatic carbocycles. The Kier molecular flexibility index (Phi) is 5.46. The van der Waals surface area contributed by atoms with Crippen molar-refractivity contribution < 1.29 is 5.11 Å². The normalized spacial score (nSPS) is 11.9. The van der Waals surface area contributed by atoms with Crippen LogP contribution in [0.2, 0.25) is 0 Å². The second-order valence-corrected chi connectivity index (χ2v) is 7.23. The van der Waals surface area contributed by atoms with Crippen molar-refractivity contribution in [1.82, 2.24) is 9.55 Å². The molecular weight excluding hydrogens is 404 g/mol. The van der Waals surface area contributed by atoms with Crippen molar-refractivity contribution in [2.75, 3.05) is 5.32 Å². The molecule has 0 saturated heterocycles. The molecule has 1 heterocycles. The Morgan fingerprint density at radius 2 is 1.96 bits per heavy atom. The number of rotatable bonds is 5. The smallest absolute Gasteiger partial charge is 0.0992 e. The molecule has 1 aromatic heterocycles. The third-order valence-corrected chi connectivity index (χ3v) is 4.91. The van der Waals surface area contributed by atoms with Crippen LogP contribution in [0.15, 0.2) is 65.4 Å². The van der Waals surface area contributed by atoms with E-state index in [1.54, 1.807) is 26.4 Å². The Bertz CT molecular complexity index is 1020. The minimum atomic E-state index is 0.143. The first-order valence-corrected chi connectivity index (χ1v) is 9.27. The Balaban J connectivity index is 1.94. The van der Waals surface area contributed by atoms with Gasteiger partial charge in [0.15, 0.2) is 0 Å². The number of halogens is 1. The number of aliphatic hydroxyl groups excluding tert-OH is 1. The molecule has 0 atom stereocenters. The second-order valence-electron chi connectivity index (χ2n) is 6.38. The van der Waals surface area contributed by atoms with Crippen LogP contribution < -0.4 is 5.32 Å². The van der Waals surface area contributed by atoms with Crippen molar-refractivity contribution in [3.63, 3.8) is 0 Å². The van der Waals surface area contributed by atoms with Crippen LogP contribution >= 0.6 is 15.9 Å². The fourth-order valence-corrected chi connectivity index (χ4v) is 3.54. The van der Waals surface area contributed by atoms with E-state index in [1.165, 1.54) is 0 Å². The summed E-state index contributed by atoms with van der Waals surface area (Å²) in [5.41, 5.74) is 5.63. The lowest BCUT2D eigenvalue weighted by Crippen LogP contribution is -2.01. The Morgan fingerprint density at radius 1 is 1.19 bits per heavy atom. The molecule has 0 amide bonds. The molecule has 0 aliphatic heterocycles. The lowest BCUT2D eigenvalue weighted by atomic mass is 9.98. The van der Waals surface area contributed by atoms with Crippen LogP contribution in [0, 0.1) is 12.3 Å². The van der Waals surface area contributed by atoms with Gasteiger partial charge in [0.2, 0.25) is 0 Å². The van der Waals surface area contributed by atoms with E-state index in [1.807, 2.05) is 54.1 Å². The monoisotopic (exact) mass is 424 g/mol. The maximum Gasteiger partial charge on any atom is 0.0992 e. The number of imidazole rings is 1. The first-order valence-electron chi connectivity index (χ1n) is 8.48. The summed E-state index contributed by atoms with van der Waals surface area (Å²) in [6.45, 7) is 5.30. The van der Waals surface area contributed by atoms with Gasteiger partial charge in [0.25, 0.3) is 0 Å². The average molecular weight is 425 g/mol. The Hall–Kier alpha value is -2.86. The summed E-state index contributed by atoms with van der Waals surface area (Å²) in [7, 11) is 0. The zero-order valence-electron chi connectivity index (χ0n) is 15.4. The van der Waals surface area contributed by atoms with Crippen LogP contribution in [-0.2, 0) is 0 Å². The maximum absolute atomic E-state index is 9.95. The van der Waals surface area contributed by atoms with Gasteiger partial charge in [0.1, 0.15) is 0 Å². The molecule has 27 heavy (non-hydrogen) atoms. The highest BCUT2D eigenvalue weighted by Gasteiger charge is 2.11. The van der Waals surface area contributed by atoms with Gasteiger partial charge in [-0.15, -0.1) is 0 Å². The van der Waals surface area contributed by atoms with Gasteiger partial charge in [-0.1, -0.05) is 12.1 Å². The second kappa shape index (κ2) is 7.80. The quantitative estimate of drug-likeness (QED) is 0.346. The van der Waals surface area contributed by atoms with Gasteiger partial charge in [-0.3, -0.25) is 0 Å². The zero-order valence-corrected chi connectivity index (χ0v) is 17.0. The van der Waals surface area contributed by atoms with Crippen LogP contribution in [0.1, 0.15) is 25.0 Å². The van der Waals surface area contributed by atoms with Gasteiger partial charge in [0.05, 0.1) is 17.8 Å². The molecule has 0 fully saturated rings. The molecular formula is C21H21BrN4O. The van der Waals surface area contributed by atoms with Gasteiger partial charge >= 0.3 is 0 Å². The average Bonchev–Trinajstić information content (AvgIpc) is 3.11. The molecule has 0 aliphatic rings. The number of aliphatic hydroxyl groups is 1. The fourth-order valence-electron chi connectivity index (χ4n) is 2.96. The molecule has 138 valence electrons. The van der Waals surface area contributed by atoms with E-state index in [0.29, 0.717) is 11.3 Å². The number of hydrogen-bond acceptors (Lipinski definition) is 4. The van der Waals surface area contributed by atoms with Crippen LogP contribution in [0.25, 0.3) is 11.3 Å². The molecule has 5 nitrogen and oxygen atoms in total. The van der Waals surface area contributed by atoms with E-state index in [9.17, 15) is 5.11 Å². The summed E-state index contributed by atoms with van der Waals surface area (Å²) in [6, 6.07) is 11.9. The summed E-state index contributed by atoms with van der Waals surface area (Å²) in [4.78, 5) is 4.08. The number of aryl methyl sites for hydroxylation is 1. The Labute approximate surface area is 167 Å². The van der Waals surface area contributed by atoms with E-state index in [4.69, 9.17) is 5.41 Å². The highest BCUT2D eigenvalue weighted by molar-refractivity contribution is 9.10. The van der Waals surface area contributed by atoms with E-state index < -0.39 is 0 Å². The SMILES string of the molecule is CC(=N)/C(=C(/C)O)c1ccc(C)c(Nc2ccc(-n3ccnc3)c(Br)c2)c1. The molecule has 0 radical (unpaired) electrons. The van der Waals surface area contributed by atoms with E-state index in [0.717, 1.165) is 32.7 Å². The van der Waals surface area contributed by atoms with Crippen molar-refractivity contribution in [2.24, 2.45) is 0 Å². The Morgan fingerprint density at radius 3 is 2.56 bits per heavy atom. The number of benzene rings is 2. The molecule has 6 heteroatoms. The lowest BCUT2D eigenvalue weighted by molar-refractivity contribution is 0.418. The molecule has 3 N–H and O–H groups in total. The van der Waals surface area contributed by atoms with Gasteiger partial charge in [-0.25, -0.2) is 4.98 Å². The van der Waals surface area contributed by atoms with E-state index >= 15 is 0 Å². The van der Waals surface area contributed by atoms with Crippen molar-refractivity contribution in [3.8, 4) is 5.69 Å². The molecule has 0 spiro atoms. The summed E-state index contributed by atoms with van der Waals surface area (Å²) >= 11 is 3.62. The summed E-state index contributed by atoms with van der Waals surface area (Å²) in [5.74, 6) is 0.143. The van der Waals surface area contributed by atoms with Gasteiger partial charge < -0.3 is 20.4 Å². The van der Waals surface area contributed by atoms with Crippen LogP contribution in [-0.4, -0.2) is 20.4 Å². The van der Waals surface area contributed by atoms with Crippen LogP contribution in [0.4, 0.5) is 11.4 Å². The van der Waals surface area contributed by atoms with Gasteiger partial charge in [-0.2, -0.15) is 0 Å². The van der Waals surface area contributed by atoms with Crippen LogP contribution in [0.5, 0.6) is 0 Å². The summed E-state index contributed by atoms with van der Waals surface area (Å²) < 4.78 is 2.88. The zero-order chi connectivity index (χ0) is 19.6. The molecule has 3 rings (SSSR count). The third kappa shape index (κ3) is 4.11. The number of allylic oxidation sites excluding steroid dienone is 2. The van der Waals surface area contributed by atoms with Crippen molar-refractivity contribution >= 4 is 38.6 Å². The molecule has 0 saturated carbocycles. The fraction of sp³-hybridized carbons (Fsp3) is 0.143. The summed E-state index contributed by atoms with van der Waals surface area (Å²) in [6.07, 6.45) is 5.39. The van der Waals surface area contributed by atoms with Gasteiger partial charge in [0, 0.05) is 39.5 Å². The van der Waals surface area contributed by atoms with E-state index in [-0.39, 0.29) is 5.76 Å². The van der Waals surface area contributed by atoms with Gasteiger partial charge in [-0.05, 0) is 72.1 Å². The number of nitrogens with one attached hydrogen (secondary N) is 2. The van der Waals surface area contributed by atoms with Crippen LogP contribution in [0.3, 0.4) is 0 Å². The third-order valence-electron chi connectivity index (χ3n) is 4.27. The molecule has 0 unspecified atom stereocenters. The molecule has 0 bridgehead atoms. The maximum atomic E-state index is 9.95. The number of anilines is 2. The lowest BCUT2D eigenvalue weighted by Gasteiger charge is -2.15. The predicted octanol–water partition coefficient (Wildman–Crippen LogP) is 6.02. The topological polar surface area (TPSA) is 73.9 Å². The number of hydrogen-bond donors (Lipinski definition) is 3. The van der Waals surface area contributed by atoms with Crippen molar-refractivity contribution in [3.05, 3.63) is 76.5 Å². The highest BCUT2D eigenvalue weighted by atomic mass is 79.9. The highest BCUT2D eigenvalue weighted by Crippen LogP contribution is 2.30.